The third-order valence-corrected chi connectivity index (χ3v) is 2.76. The summed E-state index contributed by atoms with van der Waals surface area (Å²) in [6, 6.07) is 13.5. The number of hydrogen-bond acceptors (Lipinski definition) is 3. The van der Waals surface area contributed by atoms with Gasteiger partial charge >= 0.3 is 0 Å². The van der Waals surface area contributed by atoms with Crippen molar-refractivity contribution in [3.63, 3.8) is 0 Å². The van der Waals surface area contributed by atoms with Gasteiger partial charge in [-0.1, -0.05) is 30.8 Å². The number of carbonyl (C=O) groups is 1. The van der Waals surface area contributed by atoms with Crippen molar-refractivity contribution in [2.75, 3.05) is 11.9 Å². The number of benzene rings is 2. The molecule has 2 rings (SSSR count). The molecule has 2 N–H and O–H groups in total. The van der Waals surface area contributed by atoms with Crippen LogP contribution in [-0.2, 0) is 0 Å². The van der Waals surface area contributed by atoms with Crippen LogP contribution < -0.4 is 10.1 Å². The monoisotopic (exact) mass is 283 g/mol. The Hall–Kier alpha value is -2.75. The molecule has 0 saturated heterocycles. The van der Waals surface area contributed by atoms with Crippen molar-refractivity contribution in [2.24, 2.45) is 0 Å². The summed E-state index contributed by atoms with van der Waals surface area (Å²) in [4.78, 5) is 12.3. The fourth-order valence-electron chi connectivity index (χ4n) is 1.75. The van der Waals surface area contributed by atoms with Crippen LogP contribution in [0.4, 0.5) is 5.69 Å². The number of phenols is 1. The van der Waals surface area contributed by atoms with E-state index in [1.165, 1.54) is 6.07 Å². The van der Waals surface area contributed by atoms with E-state index >= 15 is 0 Å². The molecule has 2 aromatic carbocycles. The third kappa shape index (κ3) is 3.86. The lowest BCUT2D eigenvalue weighted by atomic mass is 10.1. The molecule has 108 valence electrons. The first kappa shape index (κ1) is 14.7. The van der Waals surface area contributed by atoms with E-state index in [2.05, 4.69) is 11.9 Å². The van der Waals surface area contributed by atoms with Crippen LogP contribution in [0.2, 0.25) is 0 Å². The summed E-state index contributed by atoms with van der Waals surface area (Å²) in [6.45, 7) is 5.97. The van der Waals surface area contributed by atoms with E-state index in [9.17, 15) is 9.90 Å². The quantitative estimate of drug-likeness (QED) is 0.651. The third-order valence-electron chi connectivity index (χ3n) is 2.76. The Bertz CT molecular complexity index is 665. The van der Waals surface area contributed by atoms with Crippen LogP contribution in [0.3, 0.4) is 0 Å². The standard InChI is InChI=1S/C17H17NO3/c1-12(2)11-21-16-10-6-3-7-13(16)17(20)18-14-8-4-5-9-15(14)19/h3-10,19H,1,11H2,2H3,(H,18,20). The number of ether oxygens (including phenoxy) is 1. The molecule has 0 radical (unpaired) electrons. The number of anilines is 1. The SMILES string of the molecule is C=C(C)COc1ccccc1C(=O)Nc1ccccc1O. The number of hydrogen-bond donors (Lipinski definition) is 2. The van der Waals surface area contributed by atoms with Gasteiger partial charge in [0.1, 0.15) is 18.1 Å². The minimum Gasteiger partial charge on any atom is -0.506 e. The first-order valence-corrected chi connectivity index (χ1v) is 6.53. The predicted molar refractivity (Wildman–Crippen MR) is 82.8 cm³/mol. The fourth-order valence-corrected chi connectivity index (χ4v) is 1.75. The fraction of sp³-hybridized carbons (Fsp3) is 0.118. The maximum atomic E-state index is 12.3. The highest BCUT2D eigenvalue weighted by atomic mass is 16.5. The largest absolute Gasteiger partial charge is 0.506 e. The van der Waals surface area contributed by atoms with Gasteiger partial charge in [-0.25, -0.2) is 0 Å². The van der Waals surface area contributed by atoms with Crippen LogP contribution in [-0.4, -0.2) is 17.6 Å². The zero-order valence-electron chi connectivity index (χ0n) is 11.8. The van der Waals surface area contributed by atoms with E-state index < -0.39 is 0 Å². The normalized spacial score (nSPS) is 9.95. The highest BCUT2D eigenvalue weighted by Gasteiger charge is 2.13. The van der Waals surface area contributed by atoms with E-state index in [-0.39, 0.29) is 11.7 Å². The smallest absolute Gasteiger partial charge is 0.259 e. The molecule has 1 amide bonds. The highest BCUT2D eigenvalue weighted by Crippen LogP contribution is 2.24. The van der Waals surface area contributed by atoms with Crippen molar-refractivity contribution >= 4 is 11.6 Å². The van der Waals surface area contributed by atoms with Crippen molar-refractivity contribution in [3.05, 3.63) is 66.2 Å². The first-order valence-electron chi connectivity index (χ1n) is 6.53. The van der Waals surface area contributed by atoms with Gasteiger partial charge in [-0.15, -0.1) is 0 Å². The molecule has 0 bridgehead atoms. The summed E-state index contributed by atoms with van der Waals surface area (Å²) in [5.74, 6) is 0.161. The number of para-hydroxylation sites is 3. The van der Waals surface area contributed by atoms with E-state index in [4.69, 9.17) is 4.74 Å². The molecule has 0 aliphatic rings. The summed E-state index contributed by atoms with van der Waals surface area (Å²) in [6.07, 6.45) is 0. The van der Waals surface area contributed by atoms with Gasteiger partial charge < -0.3 is 15.2 Å². The number of phenolic OH excluding ortho intramolecular Hbond substituents is 1. The van der Waals surface area contributed by atoms with E-state index in [1.807, 2.05) is 6.92 Å². The predicted octanol–water partition coefficient (Wildman–Crippen LogP) is 3.60. The Morgan fingerprint density at radius 3 is 2.57 bits per heavy atom. The highest BCUT2D eigenvalue weighted by molar-refractivity contribution is 6.06. The molecule has 0 aromatic heterocycles. The molecule has 0 aliphatic heterocycles. The summed E-state index contributed by atoms with van der Waals surface area (Å²) < 4.78 is 5.56. The minimum atomic E-state index is -0.339. The maximum Gasteiger partial charge on any atom is 0.259 e. The molecule has 0 saturated carbocycles. The molecular formula is C17H17NO3. The number of nitrogens with one attached hydrogen (secondary N) is 1. The summed E-state index contributed by atoms with van der Waals surface area (Å²) >= 11 is 0. The average molecular weight is 283 g/mol. The summed E-state index contributed by atoms with van der Waals surface area (Å²) in [5.41, 5.74) is 1.63. The number of amides is 1. The summed E-state index contributed by atoms with van der Waals surface area (Å²) in [5, 5.41) is 12.4. The molecule has 4 nitrogen and oxygen atoms in total. The Labute approximate surface area is 123 Å². The second kappa shape index (κ2) is 6.61. The summed E-state index contributed by atoms with van der Waals surface area (Å²) in [7, 11) is 0. The second-order valence-corrected chi connectivity index (χ2v) is 4.71. The zero-order chi connectivity index (χ0) is 15.2. The Kier molecular flexibility index (Phi) is 4.61. The van der Waals surface area contributed by atoms with Crippen LogP contribution in [0.1, 0.15) is 17.3 Å². The Balaban J connectivity index is 2.19. The topological polar surface area (TPSA) is 58.6 Å². The van der Waals surface area contributed by atoms with E-state index in [0.29, 0.717) is 23.6 Å². The van der Waals surface area contributed by atoms with Crippen LogP contribution in [0.5, 0.6) is 11.5 Å². The van der Waals surface area contributed by atoms with Gasteiger partial charge in [-0.05, 0) is 36.8 Å². The van der Waals surface area contributed by atoms with Gasteiger partial charge in [-0.2, -0.15) is 0 Å². The van der Waals surface area contributed by atoms with Gasteiger partial charge in [0.15, 0.2) is 0 Å². The lowest BCUT2D eigenvalue weighted by Crippen LogP contribution is -2.14. The molecule has 0 heterocycles. The molecule has 0 aliphatic carbocycles. The van der Waals surface area contributed by atoms with Crippen LogP contribution >= 0.6 is 0 Å². The number of carbonyl (C=O) groups excluding carboxylic acids is 1. The van der Waals surface area contributed by atoms with Gasteiger partial charge in [-0.3, -0.25) is 4.79 Å². The molecule has 4 heteroatoms. The average Bonchev–Trinajstić information content (AvgIpc) is 2.47. The lowest BCUT2D eigenvalue weighted by Gasteiger charge is -2.12. The number of aromatic hydroxyl groups is 1. The Morgan fingerprint density at radius 2 is 1.86 bits per heavy atom. The van der Waals surface area contributed by atoms with Crippen LogP contribution in [0.25, 0.3) is 0 Å². The van der Waals surface area contributed by atoms with Crippen molar-refractivity contribution in [1.82, 2.24) is 0 Å². The van der Waals surface area contributed by atoms with Gasteiger partial charge in [0, 0.05) is 0 Å². The molecule has 0 spiro atoms. The minimum absolute atomic E-state index is 0.0196. The molecule has 0 fully saturated rings. The van der Waals surface area contributed by atoms with Gasteiger partial charge in [0.05, 0.1) is 11.3 Å². The maximum absolute atomic E-state index is 12.3. The second-order valence-electron chi connectivity index (χ2n) is 4.71. The van der Waals surface area contributed by atoms with Crippen molar-refractivity contribution in [1.29, 1.82) is 0 Å². The van der Waals surface area contributed by atoms with Gasteiger partial charge in [0.2, 0.25) is 0 Å². The molecule has 0 unspecified atom stereocenters. The first-order chi connectivity index (χ1) is 10.1. The van der Waals surface area contributed by atoms with Crippen molar-refractivity contribution in [3.8, 4) is 11.5 Å². The van der Waals surface area contributed by atoms with E-state index in [0.717, 1.165) is 5.57 Å². The van der Waals surface area contributed by atoms with Crippen molar-refractivity contribution in [2.45, 2.75) is 6.92 Å². The molecular weight excluding hydrogens is 266 g/mol. The molecule has 21 heavy (non-hydrogen) atoms. The lowest BCUT2D eigenvalue weighted by molar-refractivity contribution is 0.102. The molecule has 2 aromatic rings. The Morgan fingerprint density at radius 1 is 1.19 bits per heavy atom. The zero-order valence-corrected chi connectivity index (χ0v) is 11.8. The molecule has 0 atom stereocenters. The number of rotatable bonds is 5. The van der Waals surface area contributed by atoms with Crippen LogP contribution in [0.15, 0.2) is 60.7 Å². The van der Waals surface area contributed by atoms with Crippen molar-refractivity contribution < 1.29 is 14.6 Å². The van der Waals surface area contributed by atoms with Crippen LogP contribution in [0, 0.1) is 0 Å². The van der Waals surface area contributed by atoms with Gasteiger partial charge in [0.25, 0.3) is 5.91 Å². The van der Waals surface area contributed by atoms with E-state index in [1.54, 1.807) is 42.5 Å².